The van der Waals surface area contributed by atoms with Crippen molar-refractivity contribution in [3.63, 3.8) is 0 Å². The van der Waals surface area contributed by atoms with Gasteiger partial charge in [0.05, 0.1) is 20.3 Å². The third-order valence-electron chi connectivity index (χ3n) is 3.86. The van der Waals surface area contributed by atoms with Crippen molar-refractivity contribution in [2.24, 2.45) is 0 Å². The van der Waals surface area contributed by atoms with Gasteiger partial charge in [0.2, 0.25) is 0 Å². The number of nitrogens with one attached hydrogen (secondary N) is 1. The number of amides is 1. The van der Waals surface area contributed by atoms with Gasteiger partial charge in [0.15, 0.2) is 5.79 Å². The molecule has 132 valence electrons. The Labute approximate surface area is 141 Å². The number of hydrogen-bond donors (Lipinski definition) is 1. The summed E-state index contributed by atoms with van der Waals surface area (Å²) in [7, 11) is 1.27. The second kappa shape index (κ2) is 8.65. The minimum absolute atomic E-state index is 0.118. The van der Waals surface area contributed by atoms with E-state index < -0.39 is 23.9 Å². The molecule has 1 aliphatic heterocycles. The Kier molecular flexibility index (Phi) is 6.57. The second-order valence-electron chi connectivity index (χ2n) is 5.45. The van der Waals surface area contributed by atoms with Gasteiger partial charge in [0.25, 0.3) is 0 Å². The highest BCUT2D eigenvalue weighted by Crippen LogP contribution is 2.28. The molecule has 1 aromatic rings. The van der Waals surface area contributed by atoms with Crippen molar-refractivity contribution in [1.29, 1.82) is 0 Å². The highest BCUT2D eigenvalue weighted by Gasteiger charge is 2.40. The molecule has 0 saturated carbocycles. The summed E-state index contributed by atoms with van der Waals surface area (Å²) in [5, 5.41) is 2.53. The van der Waals surface area contributed by atoms with E-state index in [2.05, 4.69) is 5.32 Å². The van der Waals surface area contributed by atoms with Gasteiger partial charge in [-0.25, -0.2) is 9.59 Å². The van der Waals surface area contributed by atoms with Crippen molar-refractivity contribution < 1.29 is 28.5 Å². The van der Waals surface area contributed by atoms with Crippen LogP contribution < -0.4 is 5.32 Å². The Hall–Kier alpha value is -2.12. The smallest absolute Gasteiger partial charge is 0.408 e. The number of carbonyl (C=O) groups excluding carboxylic acids is 2. The van der Waals surface area contributed by atoms with Gasteiger partial charge in [-0.3, -0.25) is 0 Å². The number of rotatable bonds is 7. The van der Waals surface area contributed by atoms with E-state index in [9.17, 15) is 9.59 Å². The highest BCUT2D eigenvalue weighted by atomic mass is 16.7. The van der Waals surface area contributed by atoms with Gasteiger partial charge in [-0.1, -0.05) is 37.3 Å². The van der Waals surface area contributed by atoms with Crippen molar-refractivity contribution in [2.75, 3.05) is 20.3 Å². The van der Waals surface area contributed by atoms with E-state index in [0.29, 0.717) is 19.6 Å². The van der Waals surface area contributed by atoms with Crippen LogP contribution in [0.25, 0.3) is 0 Å². The molecule has 0 aromatic heterocycles. The van der Waals surface area contributed by atoms with E-state index in [4.69, 9.17) is 18.9 Å². The van der Waals surface area contributed by atoms with E-state index in [0.717, 1.165) is 5.56 Å². The summed E-state index contributed by atoms with van der Waals surface area (Å²) in [6.45, 7) is 2.93. The average Bonchev–Trinajstić information content (AvgIpc) is 3.08. The van der Waals surface area contributed by atoms with Crippen LogP contribution in [0.2, 0.25) is 0 Å². The zero-order valence-corrected chi connectivity index (χ0v) is 13.9. The zero-order valence-electron chi connectivity index (χ0n) is 13.9. The quantitative estimate of drug-likeness (QED) is 0.766. The first-order valence-electron chi connectivity index (χ1n) is 7.91. The highest BCUT2D eigenvalue weighted by molar-refractivity contribution is 5.81. The Morgan fingerprint density at radius 3 is 2.50 bits per heavy atom. The maximum absolute atomic E-state index is 12.0. The maximum Gasteiger partial charge on any atom is 0.408 e. The van der Waals surface area contributed by atoms with Crippen LogP contribution in [-0.4, -0.2) is 44.2 Å². The first-order valence-corrected chi connectivity index (χ1v) is 7.91. The normalized spacial score (nSPS) is 17.1. The van der Waals surface area contributed by atoms with E-state index in [-0.39, 0.29) is 13.0 Å². The molecular formula is C17H23NO6. The van der Waals surface area contributed by atoms with E-state index in [1.807, 2.05) is 37.3 Å². The summed E-state index contributed by atoms with van der Waals surface area (Å²) >= 11 is 0. The molecule has 1 heterocycles. The molecule has 7 nitrogen and oxygen atoms in total. The second-order valence-corrected chi connectivity index (χ2v) is 5.45. The standard InChI is InChI=1S/C17H23NO6/c1-3-17(23-9-10-24-17)11-14(15(19)21-2)18-16(20)22-12-13-7-5-4-6-8-13/h4-8,14H,3,9-12H2,1-2H3,(H,18,20)/t14-/m0/s1. The first kappa shape index (κ1) is 18.2. The minimum Gasteiger partial charge on any atom is -0.467 e. The molecule has 7 heteroatoms. The van der Waals surface area contributed by atoms with Crippen LogP contribution in [0.4, 0.5) is 4.79 Å². The zero-order chi connectivity index (χ0) is 17.4. The van der Waals surface area contributed by atoms with Gasteiger partial charge < -0.3 is 24.3 Å². The fraction of sp³-hybridized carbons (Fsp3) is 0.529. The van der Waals surface area contributed by atoms with Gasteiger partial charge in [0, 0.05) is 6.42 Å². The minimum atomic E-state index is -0.906. The summed E-state index contributed by atoms with van der Waals surface area (Å²) in [6, 6.07) is 8.37. The SMILES string of the molecule is CCC1(C[C@H](NC(=O)OCc2ccccc2)C(=O)OC)OCCO1. The van der Waals surface area contributed by atoms with Crippen LogP contribution in [0.15, 0.2) is 30.3 Å². The van der Waals surface area contributed by atoms with Gasteiger partial charge in [-0.15, -0.1) is 0 Å². The number of benzene rings is 1. The largest absolute Gasteiger partial charge is 0.467 e. The Morgan fingerprint density at radius 2 is 1.92 bits per heavy atom. The van der Waals surface area contributed by atoms with E-state index in [1.54, 1.807) is 0 Å². The Bertz CT molecular complexity index is 541. The van der Waals surface area contributed by atoms with Gasteiger partial charge >= 0.3 is 12.1 Å². The fourth-order valence-corrected chi connectivity index (χ4v) is 2.52. The summed E-state index contributed by atoms with van der Waals surface area (Å²) in [6.07, 6.45) is 0.0243. The molecular weight excluding hydrogens is 314 g/mol. The number of hydrogen-bond acceptors (Lipinski definition) is 6. The molecule has 1 atom stereocenters. The maximum atomic E-state index is 12.0. The average molecular weight is 337 g/mol. The number of ether oxygens (including phenoxy) is 4. The lowest BCUT2D eigenvalue weighted by atomic mass is 10.0. The molecule has 0 aliphatic carbocycles. The van der Waals surface area contributed by atoms with Crippen molar-refractivity contribution in [2.45, 2.75) is 38.2 Å². The third-order valence-corrected chi connectivity index (χ3v) is 3.86. The van der Waals surface area contributed by atoms with Crippen molar-refractivity contribution in [3.05, 3.63) is 35.9 Å². The van der Waals surface area contributed by atoms with Gasteiger partial charge in [-0.2, -0.15) is 0 Å². The van der Waals surface area contributed by atoms with Crippen LogP contribution in [0.5, 0.6) is 0 Å². The van der Waals surface area contributed by atoms with Crippen LogP contribution in [-0.2, 0) is 30.3 Å². The lowest BCUT2D eigenvalue weighted by Gasteiger charge is -2.29. The number of methoxy groups -OCH3 is 1. The molecule has 1 aliphatic rings. The molecule has 1 N–H and O–H groups in total. The predicted octanol–water partition coefficient (Wildman–Crippen LogP) is 2.00. The first-order chi connectivity index (χ1) is 11.6. The Morgan fingerprint density at radius 1 is 1.25 bits per heavy atom. The number of carbonyl (C=O) groups is 2. The molecule has 0 unspecified atom stereocenters. The molecule has 1 fully saturated rings. The number of alkyl carbamates (subject to hydrolysis) is 1. The monoisotopic (exact) mass is 337 g/mol. The van der Waals surface area contributed by atoms with Crippen molar-refractivity contribution in [1.82, 2.24) is 5.32 Å². The molecule has 2 rings (SSSR count). The van der Waals surface area contributed by atoms with E-state index in [1.165, 1.54) is 7.11 Å². The van der Waals surface area contributed by atoms with Gasteiger partial charge in [0.1, 0.15) is 12.6 Å². The molecule has 0 spiro atoms. The lowest BCUT2D eigenvalue weighted by Crippen LogP contribution is -2.47. The van der Waals surface area contributed by atoms with Gasteiger partial charge in [-0.05, 0) is 12.0 Å². The molecule has 0 radical (unpaired) electrons. The molecule has 1 aromatic carbocycles. The third kappa shape index (κ3) is 4.94. The topological polar surface area (TPSA) is 83.1 Å². The van der Waals surface area contributed by atoms with Crippen LogP contribution >= 0.6 is 0 Å². The van der Waals surface area contributed by atoms with Crippen molar-refractivity contribution >= 4 is 12.1 Å². The molecule has 1 amide bonds. The summed E-state index contributed by atoms with van der Waals surface area (Å²) in [4.78, 5) is 24.0. The summed E-state index contributed by atoms with van der Waals surface area (Å²) in [5.74, 6) is -1.45. The van der Waals surface area contributed by atoms with Crippen LogP contribution in [0.3, 0.4) is 0 Å². The molecule has 24 heavy (non-hydrogen) atoms. The summed E-state index contributed by atoms with van der Waals surface area (Å²) < 4.78 is 21.1. The summed E-state index contributed by atoms with van der Waals surface area (Å²) in [5.41, 5.74) is 0.856. The molecule has 1 saturated heterocycles. The lowest BCUT2D eigenvalue weighted by molar-refractivity contribution is -0.175. The number of esters is 1. The van der Waals surface area contributed by atoms with Crippen molar-refractivity contribution in [3.8, 4) is 0 Å². The predicted molar refractivity (Wildman–Crippen MR) is 85.1 cm³/mol. The van der Waals surface area contributed by atoms with E-state index >= 15 is 0 Å². The van der Waals surface area contributed by atoms with Crippen LogP contribution in [0, 0.1) is 0 Å². The molecule has 0 bridgehead atoms. The Balaban J connectivity index is 1.92. The van der Waals surface area contributed by atoms with Crippen LogP contribution in [0.1, 0.15) is 25.3 Å². The fourth-order valence-electron chi connectivity index (χ4n) is 2.52.